The monoisotopic (exact) mass is 287 g/mol. The van der Waals surface area contributed by atoms with Crippen molar-refractivity contribution >= 4 is 0 Å². The molecule has 21 heavy (non-hydrogen) atoms. The summed E-state index contributed by atoms with van der Waals surface area (Å²) in [5, 5.41) is 12.7. The Morgan fingerprint density at radius 1 is 1.19 bits per heavy atom. The Morgan fingerprint density at radius 2 is 2.00 bits per heavy atom. The van der Waals surface area contributed by atoms with Crippen molar-refractivity contribution < 1.29 is 14.6 Å². The number of phenols is 1. The van der Waals surface area contributed by atoms with E-state index in [2.05, 4.69) is 12.2 Å². The molecule has 4 nitrogen and oxygen atoms in total. The van der Waals surface area contributed by atoms with Gasteiger partial charge in [-0.15, -0.1) is 0 Å². The highest BCUT2D eigenvalue weighted by Gasteiger charge is 2.11. The summed E-state index contributed by atoms with van der Waals surface area (Å²) in [7, 11) is 3.55. The molecule has 0 saturated carbocycles. The third kappa shape index (κ3) is 3.89. The summed E-state index contributed by atoms with van der Waals surface area (Å²) in [5.41, 5.74) is 1.99. The quantitative estimate of drug-likeness (QED) is 0.856. The van der Waals surface area contributed by atoms with Crippen molar-refractivity contribution in [2.75, 3.05) is 14.2 Å². The van der Waals surface area contributed by atoms with Crippen molar-refractivity contribution in [1.82, 2.24) is 5.32 Å². The van der Waals surface area contributed by atoms with E-state index < -0.39 is 0 Å². The van der Waals surface area contributed by atoms with Gasteiger partial charge < -0.3 is 19.9 Å². The first kappa shape index (κ1) is 15.2. The lowest BCUT2D eigenvalue weighted by Gasteiger charge is -2.17. The van der Waals surface area contributed by atoms with Crippen LogP contribution >= 0.6 is 0 Å². The summed E-state index contributed by atoms with van der Waals surface area (Å²) in [6, 6.07) is 13.0. The number of nitrogens with one attached hydrogen (secondary N) is 1. The second-order valence-electron chi connectivity index (χ2n) is 4.87. The van der Waals surface area contributed by atoms with Crippen LogP contribution in [0.1, 0.15) is 24.1 Å². The van der Waals surface area contributed by atoms with E-state index >= 15 is 0 Å². The molecule has 2 aromatic rings. The minimum absolute atomic E-state index is 0.176. The van der Waals surface area contributed by atoms with Crippen molar-refractivity contribution in [3.8, 4) is 17.2 Å². The Labute approximate surface area is 125 Å². The minimum atomic E-state index is 0.176. The topological polar surface area (TPSA) is 50.7 Å². The van der Waals surface area contributed by atoms with Gasteiger partial charge in [-0.2, -0.15) is 0 Å². The summed E-state index contributed by atoms with van der Waals surface area (Å²) in [6.45, 7) is 2.47. The molecule has 4 heteroatoms. The zero-order valence-corrected chi connectivity index (χ0v) is 12.6. The maximum atomic E-state index is 9.49. The van der Waals surface area contributed by atoms with Crippen LogP contribution in [0.5, 0.6) is 17.2 Å². The lowest BCUT2D eigenvalue weighted by Crippen LogP contribution is -2.13. The minimum Gasteiger partial charge on any atom is -0.508 e. The molecule has 0 aliphatic heterocycles. The van der Waals surface area contributed by atoms with Gasteiger partial charge >= 0.3 is 0 Å². The maximum absolute atomic E-state index is 9.49. The number of hydrogen-bond acceptors (Lipinski definition) is 4. The van der Waals surface area contributed by atoms with Gasteiger partial charge in [-0.05, 0) is 37.7 Å². The average Bonchev–Trinajstić information content (AvgIpc) is 2.52. The molecule has 2 N–H and O–H groups in total. The van der Waals surface area contributed by atoms with Crippen LogP contribution in [0.4, 0.5) is 0 Å². The normalized spacial score (nSPS) is 12.0. The lowest BCUT2D eigenvalue weighted by molar-refractivity contribution is 0.297. The van der Waals surface area contributed by atoms with E-state index in [9.17, 15) is 5.11 Å². The van der Waals surface area contributed by atoms with E-state index in [-0.39, 0.29) is 11.8 Å². The van der Waals surface area contributed by atoms with Crippen LogP contribution in [0.25, 0.3) is 0 Å². The van der Waals surface area contributed by atoms with E-state index in [0.717, 1.165) is 22.6 Å². The molecular formula is C17H21NO3. The first-order valence-corrected chi connectivity index (χ1v) is 6.90. The SMILES string of the molecule is CNC(C)c1ccc(OC)cc1OCc1cccc(O)c1. The van der Waals surface area contributed by atoms with Crippen molar-refractivity contribution in [2.24, 2.45) is 0 Å². The highest BCUT2D eigenvalue weighted by atomic mass is 16.5. The standard InChI is InChI=1S/C17H21NO3/c1-12(18-2)16-8-7-15(20-3)10-17(16)21-11-13-5-4-6-14(19)9-13/h4-10,12,18-19H,11H2,1-3H3. The average molecular weight is 287 g/mol. The van der Waals surface area contributed by atoms with Crippen LogP contribution in [-0.4, -0.2) is 19.3 Å². The number of benzene rings is 2. The Balaban J connectivity index is 2.20. The van der Waals surface area contributed by atoms with Crippen LogP contribution in [0, 0.1) is 0 Å². The summed E-state index contributed by atoms with van der Waals surface area (Å²) in [5.74, 6) is 1.78. The lowest BCUT2D eigenvalue weighted by atomic mass is 10.1. The van der Waals surface area contributed by atoms with Gasteiger partial charge in [-0.25, -0.2) is 0 Å². The third-order valence-corrected chi connectivity index (χ3v) is 3.43. The number of methoxy groups -OCH3 is 1. The Morgan fingerprint density at radius 3 is 2.67 bits per heavy atom. The van der Waals surface area contributed by atoms with E-state index in [1.54, 1.807) is 25.3 Å². The van der Waals surface area contributed by atoms with Crippen molar-refractivity contribution in [3.63, 3.8) is 0 Å². The van der Waals surface area contributed by atoms with E-state index in [0.29, 0.717) is 6.61 Å². The van der Waals surface area contributed by atoms with Gasteiger partial charge in [0, 0.05) is 17.7 Å². The van der Waals surface area contributed by atoms with Gasteiger partial charge in [0.25, 0.3) is 0 Å². The molecule has 1 unspecified atom stereocenters. The first-order valence-electron chi connectivity index (χ1n) is 6.90. The summed E-state index contributed by atoms with van der Waals surface area (Å²) in [4.78, 5) is 0. The van der Waals surface area contributed by atoms with Gasteiger partial charge in [0.1, 0.15) is 23.9 Å². The summed E-state index contributed by atoms with van der Waals surface area (Å²) >= 11 is 0. The van der Waals surface area contributed by atoms with E-state index in [1.165, 1.54) is 0 Å². The van der Waals surface area contributed by atoms with E-state index in [1.807, 2.05) is 31.3 Å². The molecule has 0 aromatic heterocycles. The zero-order valence-electron chi connectivity index (χ0n) is 12.6. The Bertz CT molecular complexity index is 598. The zero-order chi connectivity index (χ0) is 15.2. The molecule has 0 radical (unpaired) electrons. The number of phenolic OH excluding ortho intramolecular Hbond substituents is 1. The van der Waals surface area contributed by atoms with Gasteiger partial charge in [-0.3, -0.25) is 0 Å². The Hall–Kier alpha value is -2.20. The predicted octanol–water partition coefficient (Wildman–Crippen LogP) is 3.26. The second kappa shape index (κ2) is 6.99. The molecule has 0 fully saturated rings. The fourth-order valence-corrected chi connectivity index (χ4v) is 2.09. The van der Waals surface area contributed by atoms with Crippen LogP contribution in [0.15, 0.2) is 42.5 Å². The van der Waals surface area contributed by atoms with Crippen LogP contribution in [0.3, 0.4) is 0 Å². The highest BCUT2D eigenvalue weighted by Crippen LogP contribution is 2.30. The number of aromatic hydroxyl groups is 1. The van der Waals surface area contributed by atoms with Crippen molar-refractivity contribution in [3.05, 3.63) is 53.6 Å². The first-order chi connectivity index (χ1) is 10.1. The molecule has 2 rings (SSSR count). The molecule has 0 spiro atoms. The fraction of sp³-hybridized carbons (Fsp3) is 0.294. The molecule has 1 atom stereocenters. The number of hydrogen-bond donors (Lipinski definition) is 2. The van der Waals surface area contributed by atoms with E-state index in [4.69, 9.17) is 9.47 Å². The molecule has 0 aliphatic rings. The fourth-order valence-electron chi connectivity index (χ4n) is 2.09. The third-order valence-electron chi connectivity index (χ3n) is 3.43. The molecule has 0 bridgehead atoms. The molecule has 0 aliphatic carbocycles. The predicted molar refractivity (Wildman–Crippen MR) is 82.9 cm³/mol. The maximum Gasteiger partial charge on any atom is 0.128 e. The summed E-state index contributed by atoms with van der Waals surface area (Å²) < 4.78 is 11.2. The van der Waals surface area contributed by atoms with Gasteiger partial charge in [0.15, 0.2) is 0 Å². The smallest absolute Gasteiger partial charge is 0.128 e. The van der Waals surface area contributed by atoms with Crippen LogP contribution in [0.2, 0.25) is 0 Å². The van der Waals surface area contributed by atoms with Gasteiger partial charge in [0.05, 0.1) is 7.11 Å². The molecule has 0 heterocycles. The second-order valence-corrected chi connectivity index (χ2v) is 4.87. The van der Waals surface area contributed by atoms with Crippen LogP contribution < -0.4 is 14.8 Å². The highest BCUT2D eigenvalue weighted by molar-refractivity contribution is 5.42. The molecule has 112 valence electrons. The molecule has 0 amide bonds. The molecular weight excluding hydrogens is 266 g/mol. The van der Waals surface area contributed by atoms with Crippen molar-refractivity contribution in [1.29, 1.82) is 0 Å². The summed E-state index contributed by atoms with van der Waals surface area (Å²) in [6.07, 6.45) is 0. The molecule has 2 aromatic carbocycles. The van der Waals surface area contributed by atoms with Crippen molar-refractivity contribution in [2.45, 2.75) is 19.6 Å². The molecule has 0 saturated heterocycles. The Kier molecular flexibility index (Phi) is 5.06. The van der Waals surface area contributed by atoms with Gasteiger partial charge in [0.2, 0.25) is 0 Å². The number of rotatable bonds is 6. The van der Waals surface area contributed by atoms with Crippen LogP contribution in [-0.2, 0) is 6.61 Å². The van der Waals surface area contributed by atoms with Gasteiger partial charge in [-0.1, -0.05) is 18.2 Å². The number of ether oxygens (including phenoxy) is 2. The largest absolute Gasteiger partial charge is 0.508 e.